The van der Waals surface area contributed by atoms with E-state index < -0.39 is 0 Å². The van der Waals surface area contributed by atoms with Gasteiger partial charge in [0.05, 0.1) is 5.04 Å². The molecule has 0 heterocycles. The molecule has 0 bridgehead atoms. The number of hydrogen-bond acceptors (Lipinski definition) is 3. The lowest BCUT2D eigenvalue weighted by Crippen LogP contribution is -2.06. The summed E-state index contributed by atoms with van der Waals surface area (Å²) in [5.41, 5.74) is 0. The molecule has 0 rings (SSSR count). The van der Waals surface area contributed by atoms with Crippen LogP contribution in [0.4, 0.5) is 0 Å². The van der Waals surface area contributed by atoms with Crippen LogP contribution in [0.15, 0.2) is 5.10 Å². The predicted molar refractivity (Wildman–Crippen MR) is 49.2 cm³/mol. The Kier molecular flexibility index (Phi) is 5.49. The van der Waals surface area contributed by atoms with Crippen LogP contribution in [0.25, 0.3) is 0 Å². The van der Waals surface area contributed by atoms with E-state index in [0.29, 0.717) is 5.92 Å². The first-order valence-corrected chi connectivity index (χ1v) is 4.61. The minimum absolute atomic E-state index is 0.474. The second kappa shape index (κ2) is 5.59. The van der Waals surface area contributed by atoms with Gasteiger partial charge in [-0.1, -0.05) is 20.8 Å². The summed E-state index contributed by atoms with van der Waals surface area (Å²) in [7, 11) is 0. The molecule has 0 aliphatic rings. The predicted octanol–water partition coefficient (Wildman–Crippen LogP) is 2.06. The standard InChI is InChI=1S/C7H16N2S/c1-4-5-10-7(9-8)6(2)3/h6H,4-5,8H2,1-3H3/b9-7-. The fourth-order valence-corrected chi connectivity index (χ4v) is 1.38. The molecule has 0 aromatic rings. The Balaban J connectivity index is 3.63. The van der Waals surface area contributed by atoms with Crippen molar-refractivity contribution in [1.29, 1.82) is 0 Å². The van der Waals surface area contributed by atoms with Gasteiger partial charge in [-0.05, 0) is 12.2 Å². The Labute approximate surface area is 67.3 Å². The van der Waals surface area contributed by atoms with E-state index in [-0.39, 0.29) is 0 Å². The number of hydrogen-bond donors (Lipinski definition) is 1. The zero-order chi connectivity index (χ0) is 7.98. The third-order valence-corrected chi connectivity index (χ3v) is 2.56. The Morgan fingerprint density at radius 1 is 1.60 bits per heavy atom. The van der Waals surface area contributed by atoms with Crippen molar-refractivity contribution in [2.45, 2.75) is 27.2 Å². The van der Waals surface area contributed by atoms with Crippen molar-refractivity contribution < 1.29 is 0 Å². The first-order chi connectivity index (χ1) is 4.72. The molecule has 0 atom stereocenters. The smallest absolute Gasteiger partial charge is 0.0954 e. The molecule has 0 aliphatic carbocycles. The molecule has 10 heavy (non-hydrogen) atoms. The van der Waals surface area contributed by atoms with Gasteiger partial charge in [-0.25, -0.2) is 0 Å². The molecule has 0 saturated heterocycles. The van der Waals surface area contributed by atoms with E-state index in [1.54, 1.807) is 11.8 Å². The van der Waals surface area contributed by atoms with E-state index >= 15 is 0 Å². The number of rotatable bonds is 3. The Morgan fingerprint density at radius 3 is 2.50 bits per heavy atom. The summed E-state index contributed by atoms with van der Waals surface area (Å²) in [4.78, 5) is 0. The quantitative estimate of drug-likeness (QED) is 0.297. The van der Waals surface area contributed by atoms with Crippen LogP contribution >= 0.6 is 11.8 Å². The lowest BCUT2D eigenvalue weighted by atomic mass is 10.2. The molecule has 0 saturated carbocycles. The number of nitrogens with zero attached hydrogens (tertiary/aromatic N) is 1. The summed E-state index contributed by atoms with van der Waals surface area (Å²) in [6.07, 6.45) is 1.18. The molecule has 0 amide bonds. The normalized spacial score (nSPS) is 12.6. The first kappa shape index (κ1) is 9.82. The van der Waals surface area contributed by atoms with Gasteiger partial charge in [0.15, 0.2) is 0 Å². The number of nitrogens with two attached hydrogens (primary N) is 1. The highest BCUT2D eigenvalue weighted by Crippen LogP contribution is 2.12. The molecule has 2 N–H and O–H groups in total. The first-order valence-electron chi connectivity index (χ1n) is 3.63. The van der Waals surface area contributed by atoms with Gasteiger partial charge in [-0.2, -0.15) is 5.10 Å². The fourth-order valence-electron chi connectivity index (χ4n) is 0.560. The third-order valence-electron chi connectivity index (χ3n) is 1.08. The van der Waals surface area contributed by atoms with Gasteiger partial charge in [-0.3, -0.25) is 0 Å². The van der Waals surface area contributed by atoms with Crippen molar-refractivity contribution >= 4 is 16.8 Å². The van der Waals surface area contributed by atoms with E-state index in [0.717, 1.165) is 10.8 Å². The second-order valence-electron chi connectivity index (χ2n) is 2.47. The highest BCUT2D eigenvalue weighted by atomic mass is 32.2. The molecule has 0 aromatic heterocycles. The minimum atomic E-state index is 0.474. The summed E-state index contributed by atoms with van der Waals surface area (Å²) < 4.78 is 0. The minimum Gasteiger partial charge on any atom is -0.323 e. The van der Waals surface area contributed by atoms with Crippen LogP contribution in [0.3, 0.4) is 0 Å². The summed E-state index contributed by atoms with van der Waals surface area (Å²) in [5, 5.41) is 4.76. The number of hydrazone groups is 1. The van der Waals surface area contributed by atoms with E-state index in [2.05, 4.69) is 25.9 Å². The number of thioether (sulfide) groups is 1. The van der Waals surface area contributed by atoms with Crippen molar-refractivity contribution in [3.8, 4) is 0 Å². The van der Waals surface area contributed by atoms with Gasteiger partial charge in [-0.15, -0.1) is 11.8 Å². The van der Waals surface area contributed by atoms with E-state index in [1.807, 2.05) is 0 Å². The summed E-state index contributed by atoms with van der Waals surface area (Å²) in [6, 6.07) is 0. The van der Waals surface area contributed by atoms with Crippen LogP contribution in [-0.4, -0.2) is 10.8 Å². The third kappa shape index (κ3) is 3.77. The maximum absolute atomic E-state index is 5.18. The molecule has 60 valence electrons. The highest BCUT2D eigenvalue weighted by molar-refractivity contribution is 8.13. The summed E-state index contributed by atoms with van der Waals surface area (Å²) in [6.45, 7) is 6.37. The van der Waals surface area contributed by atoms with Gasteiger partial charge in [0, 0.05) is 5.92 Å². The molecule has 2 nitrogen and oxygen atoms in total. The van der Waals surface area contributed by atoms with Crippen molar-refractivity contribution in [3.05, 3.63) is 0 Å². The van der Waals surface area contributed by atoms with Gasteiger partial charge in [0.25, 0.3) is 0 Å². The van der Waals surface area contributed by atoms with Gasteiger partial charge in [0.1, 0.15) is 0 Å². The SMILES string of the molecule is CCCS/C(=N\N)C(C)C. The lowest BCUT2D eigenvalue weighted by Gasteiger charge is -2.05. The Bertz CT molecular complexity index is 110. The summed E-state index contributed by atoms with van der Waals surface area (Å²) in [5.74, 6) is 6.77. The van der Waals surface area contributed by atoms with E-state index in [9.17, 15) is 0 Å². The average Bonchev–Trinajstić information content (AvgIpc) is 1.89. The van der Waals surface area contributed by atoms with Crippen molar-refractivity contribution in [1.82, 2.24) is 0 Å². The average molecular weight is 160 g/mol. The largest absolute Gasteiger partial charge is 0.323 e. The van der Waals surface area contributed by atoms with Crippen LogP contribution in [-0.2, 0) is 0 Å². The molecule has 0 spiro atoms. The molecule has 0 fully saturated rings. The molecule has 0 aromatic carbocycles. The Hall–Kier alpha value is -0.180. The zero-order valence-electron chi connectivity index (χ0n) is 6.92. The van der Waals surface area contributed by atoms with Crippen molar-refractivity contribution in [2.24, 2.45) is 16.9 Å². The van der Waals surface area contributed by atoms with Gasteiger partial charge in [0.2, 0.25) is 0 Å². The van der Waals surface area contributed by atoms with Crippen molar-refractivity contribution in [3.63, 3.8) is 0 Å². The summed E-state index contributed by atoms with van der Waals surface area (Å²) >= 11 is 1.75. The Morgan fingerprint density at radius 2 is 2.20 bits per heavy atom. The lowest BCUT2D eigenvalue weighted by molar-refractivity contribution is 0.892. The second-order valence-corrected chi connectivity index (χ2v) is 3.59. The van der Waals surface area contributed by atoms with Crippen LogP contribution in [0.5, 0.6) is 0 Å². The monoisotopic (exact) mass is 160 g/mol. The molecular weight excluding hydrogens is 144 g/mol. The van der Waals surface area contributed by atoms with Crippen molar-refractivity contribution in [2.75, 3.05) is 5.75 Å². The van der Waals surface area contributed by atoms with Crippen LogP contribution < -0.4 is 5.84 Å². The van der Waals surface area contributed by atoms with E-state index in [1.165, 1.54) is 6.42 Å². The molecule has 0 unspecified atom stereocenters. The molecule has 3 heteroatoms. The van der Waals surface area contributed by atoms with E-state index in [4.69, 9.17) is 5.84 Å². The van der Waals surface area contributed by atoms with Crippen LogP contribution in [0.2, 0.25) is 0 Å². The molecular formula is C7H16N2S. The van der Waals surface area contributed by atoms with Crippen LogP contribution in [0, 0.1) is 5.92 Å². The highest BCUT2D eigenvalue weighted by Gasteiger charge is 2.03. The van der Waals surface area contributed by atoms with Gasteiger partial charge < -0.3 is 5.84 Å². The fraction of sp³-hybridized carbons (Fsp3) is 0.857. The molecule has 0 radical (unpaired) electrons. The maximum Gasteiger partial charge on any atom is 0.0954 e. The zero-order valence-corrected chi connectivity index (χ0v) is 7.74. The van der Waals surface area contributed by atoms with Crippen LogP contribution in [0.1, 0.15) is 27.2 Å². The maximum atomic E-state index is 5.18. The topological polar surface area (TPSA) is 38.4 Å². The van der Waals surface area contributed by atoms with Gasteiger partial charge >= 0.3 is 0 Å². The molecule has 0 aliphatic heterocycles.